The summed E-state index contributed by atoms with van der Waals surface area (Å²) in [6.45, 7) is 2.34. The number of benzene rings is 3. The van der Waals surface area contributed by atoms with Gasteiger partial charge in [0.2, 0.25) is 17.8 Å². The summed E-state index contributed by atoms with van der Waals surface area (Å²) in [5.74, 6) is 0.910. The molecule has 0 saturated carbocycles. The van der Waals surface area contributed by atoms with Crippen molar-refractivity contribution in [3.8, 4) is 0 Å². The van der Waals surface area contributed by atoms with Crippen LogP contribution in [-0.2, 0) is 6.54 Å². The zero-order chi connectivity index (χ0) is 28.2. The van der Waals surface area contributed by atoms with Gasteiger partial charge in [0, 0.05) is 58.0 Å². The summed E-state index contributed by atoms with van der Waals surface area (Å²) in [6, 6.07) is 19.7. The molecule has 0 radical (unpaired) electrons. The van der Waals surface area contributed by atoms with Crippen LogP contribution in [0.2, 0.25) is 10.0 Å². The third-order valence-corrected chi connectivity index (χ3v) is 7.49. The Hall–Kier alpha value is -4.21. The van der Waals surface area contributed by atoms with Gasteiger partial charge in [-0.25, -0.2) is 9.82 Å². The van der Waals surface area contributed by atoms with Crippen molar-refractivity contribution in [3.63, 3.8) is 0 Å². The van der Waals surface area contributed by atoms with Crippen molar-refractivity contribution in [2.24, 2.45) is 5.10 Å². The molecular formula is C30H27Cl2FN8. The van der Waals surface area contributed by atoms with E-state index in [1.54, 1.807) is 24.4 Å². The minimum Gasteiger partial charge on any atom is -0.342 e. The van der Waals surface area contributed by atoms with E-state index in [9.17, 15) is 4.39 Å². The Morgan fingerprint density at radius 3 is 2.49 bits per heavy atom. The van der Waals surface area contributed by atoms with Gasteiger partial charge in [0.25, 0.3) is 0 Å². The first kappa shape index (κ1) is 27.0. The van der Waals surface area contributed by atoms with Crippen LogP contribution in [0.4, 0.5) is 27.9 Å². The number of aromatic nitrogens is 4. The van der Waals surface area contributed by atoms with Gasteiger partial charge in [-0.3, -0.25) is 0 Å². The maximum Gasteiger partial charge on any atom is 0.250 e. The molecular weight excluding hydrogens is 562 g/mol. The van der Waals surface area contributed by atoms with Crippen LogP contribution in [0.15, 0.2) is 78.0 Å². The molecule has 0 atom stereocenters. The summed E-state index contributed by atoms with van der Waals surface area (Å²) in [6.07, 6.45) is 7.14. The number of hydrogen-bond acceptors (Lipinski definition) is 7. The van der Waals surface area contributed by atoms with Crippen LogP contribution in [0.3, 0.4) is 0 Å². The Balaban J connectivity index is 1.26. The molecule has 5 aromatic rings. The highest BCUT2D eigenvalue weighted by molar-refractivity contribution is 6.35. The van der Waals surface area contributed by atoms with E-state index in [0.29, 0.717) is 40.1 Å². The van der Waals surface area contributed by atoms with Gasteiger partial charge in [-0.05, 0) is 67.3 Å². The molecule has 1 saturated heterocycles. The van der Waals surface area contributed by atoms with E-state index in [4.69, 9.17) is 23.2 Å². The lowest BCUT2D eigenvalue weighted by Gasteiger charge is -2.26. The van der Waals surface area contributed by atoms with Crippen molar-refractivity contribution in [1.82, 2.24) is 19.5 Å². The number of piperidine rings is 1. The monoisotopic (exact) mass is 588 g/mol. The van der Waals surface area contributed by atoms with Crippen molar-refractivity contribution in [1.29, 1.82) is 0 Å². The van der Waals surface area contributed by atoms with E-state index >= 15 is 0 Å². The van der Waals surface area contributed by atoms with Gasteiger partial charge in [0.1, 0.15) is 5.82 Å². The summed E-state index contributed by atoms with van der Waals surface area (Å²) in [4.78, 5) is 15.9. The molecule has 0 amide bonds. The molecule has 8 nitrogen and oxygen atoms in total. The average molecular weight is 590 g/mol. The van der Waals surface area contributed by atoms with Crippen LogP contribution < -0.4 is 15.6 Å². The SMILES string of the molecule is Fc1ccc(Nc2nc(N/N=C/c3cn(Cc4ccc(Cl)cc4Cl)c4ccccc34)nc(N3CCCCC3)n2)cc1. The highest BCUT2D eigenvalue weighted by Crippen LogP contribution is 2.26. The fourth-order valence-electron chi connectivity index (χ4n) is 4.87. The standard InChI is InChI=1S/C30H27Cl2FN8/c31-22-9-8-20(26(32)16-22)18-41-19-21(25-6-2-3-7-27(25)41)17-34-39-29-36-28(35-24-12-10-23(33)11-13-24)37-30(38-29)40-14-4-1-5-15-40/h2-3,6-13,16-17,19H,1,4-5,14-15,18H2,(H2,35,36,37,38,39)/b34-17+. The van der Waals surface area contributed by atoms with Gasteiger partial charge in [-0.15, -0.1) is 0 Å². The largest absolute Gasteiger partial charge is 0.342 e. The quantitative estimate of drug-likeness (QED) is 0.144. The molecule has 1 aliphatic rings. The zero-order valence-electron chi connectivity index (χ0n) is 22.1. The molecule has 1 fully saturated rings. The summed E-state index contributed by atoms with van der Waals surface area (Å²) < 4.78 is 15.5. The number of fused-ring (bicyclic) bond motifs is 1. The van der Waals surface area contributed by atoms with Crippen LogP contribution in [-0.4, -0.2) is 38.8 Å². The molecule has 0 bridgehead atoms. The molecule has 0 spiro atoms. The van der Waals surface area contributed by atoms with Gasteiger partial charge in [0.15, 0.2) is 0 Å². The van der Waals surface area contributed by atoms with Gasteiger partial charge < -0.3 is 14.8 Å². The molecule has 6 rings (SSSR count). The number of rotatable bonds is 8. The second-order valence-electron chi connectivity index (χ2n) is 9.80. The lowest BCUT2D eigenvalue weighted by molar-refractivity contribution is 0.568. The Morgan fingerprint density at radius 1 is 0.902 bits per heavy atom. The number of nitrogens with one attached hydrogen (secondary N) is 2. The maximum atomic E-state index is 13.4. The average Bonchev–Trinajstić information content (AvgIpc) is 3.33. The molecule has 1 aliphatic heterocycles. The predicted molar refractivity (Wildman–Crippen MR) is 164 cm³/mol. The van der Waals surface area contributed by atoms with E-state index in [0.717, 1.165) is 48.0 Å². The van der Waals surface area contributed by atoms with Gasteiger partial charge in [0.05, 0.1) is 6.21 Å². The number of para-hydroxylation sites is 1. The Bertz CT molecular complexity index is 1700. The second-order valence-corrected chi connectivity index (χ2v) is 10.6. The highest BCUT2D eigenvalue weighted by atomic mass is 35.5. The first-order chi connectivity index (χ1) is 20.0. The van der Waals surface area contributed by atoms with Crippen molar-refractivity contribution < 1.29 is 4.39 Å². The van der Waals surface area contributed by atoms with Crippen molar-refractivity contribution in [2.75, 3.05) is 28.7 Å². The summed E-state index contributed by atoms with van der Waals surface area (Å²) >= 11 is 12.5. The van der Waals surface area contributed by atoms with E-state index in [1.807, 2.05) is 30.5 Å². The summed E-state index contributed by atoms with van der Waals surface area (Å²) in [5, 5.41) is 9.90. The molecule has 0 unspecified atom stereocenters. The number of halogens is 3. The first-order valence-corrected chi connectivity index (χ1v) is 14.1. The third-order valence-electron chi connectivity index (χ3n) is 6.91. The topological polar surface area (TPSA) is 83.3 Å². The smallest absolute Gasteiger partial charge is 0.250 e. The fraction of sp³-hybridized carbons (Fsp3) is 0.200. The van der Waals surface area contributed by atoms with Crippen molar-refractivity contribution in [2.45, 2.75) is 25.8 Å². The van der Waals surface area contributed by atoms with Gasteiger partial charge in [-0.1, -0.05) is 47.5 Å². The van der Waals surface area contributed by atoms with Crippen molar-refractivity contribution >= 4 is 63.9 Å². The molecule has 2 aromatic heterocycles. The van der Waals surface area contributed by atoms with Gasteiger partial charge in [-0.2, -0.15) is 20.1 Å². The van der Waals surface area contributed by atoms with Crippen molar-refractivity contribution in [3.05, 3.63) is 99.9 Å². The Labute approximate surface area is 246 Å². The van der Waals surface area contributed by atoms with Crippen LogP contribution in [0.1, 0.15) is 30.4 Å². The number of nitrogens with zero attached hydrogens (tertiary/aromatic N) is 6. The summed E-state index contributed by atoms with van der Waals surface area (Å²) in [5.41, 5.74) is 6.60. The fourth-order valence-corrected chi connectivity index (χ4v) is 5.34. The number of hydrazone groups is 1. The molecule has 208 valence electrons. The third kappa shape index (κ3) is 6.42. The molecule has 41 heavy (non-hydrogen) atoms. The van der Waals surface area contributed by atoms with E-state index in [1.165, 1.54) is 18.6 Å². The Kier molecular flexibility index (Phi) is 7.98. The second kappa shape index (κ2) is 12.1. The predicted octanol–water partition coefficient (Wildman–Crippen LogP) is 7.50. The van der Waals surface area contributed by atoms with Gasteiger partial charge >= 0.3 is 0 Å². The number of hydrogen-bond donors (Lipinski definition) is 2. The highest BCUT2D eigenvalue weighted by Gasteiger charge is 2.17. The first-order valence-electron chi connectivity index (χ1n) is 13.4. The minimum absolute atomic E-state index is 0.304. The van der Waals surface area contributed by atoms with E-state index in [2.05, 4.69) is 52.4 Å². The molecule has 3 heterocycles. The normalized spacial score (nSPS) is 13.7. The molecule has 11 heteroatoms. The number of anilines is 4. The Morgan fingerprint density at radius 2 is 1.68 bits per heavy atom. The lowest BCUT2D eigenvalue weighted by atomic mass is 10.1. The van der Waals surface area contributed by atoms with Crippen LogP contribution >= 0.6 is 23.2 Å². The summed E-state index contributed by atoms with van der Waals surface area (Å²) in [7, 11) is 0. The van der Waals surface area contributed by atoms with E-state index < -0.39 is 0 Å². The van der Waals surface area contributed by atoms with Crippen LogP contribution in [0, 0.1) is 5.82 Å². The maximum absolute atomic E-state index is 13.4. The molecule has 0 aliphatic carbocycles. The zero-order valence-corrected chi connectivity index (χ0v) is 23.6. The molecule has 3 aromatic carbocycles. The lowest BCUT2D eigenvalue weighted by Crippen LogP contribution is -2.31. The van der Waals surface area contributed by atoms with Crippen LogP contribution in [0.5, 0.6) is 0 Å². The minimum atomic E-state index is -0.311. The van der Waals surface area contributed by atoms with E-state index in [-0.39, 0.29) is 5.82 Å². The molecule has 2 N–H and O–H groups in total. The van der Waals surface area contributed by atoms with Crippen LogP contribution in [0.25, 0.3) is 10.9 Å².